The molecule has 0 aromatic heterocycles. The molecule has 32 heavy (non-hydrogen) atoms. The van der Waals surface area contributed by atoms with Crippen LogP contribution >= 0.6 is 46.4 Å². The minimum Gasteiger partial charge on any atom is -0.352 e. The van der Waals surface area contributed by atoms with E-state index in [2.05, 4.69) is 5.32 Å². The summed E-state index contributed by atoms with van der Waals surface area (Å²) in [6.07, 6.45) is 4.69. The second-order valence-corrected chi connectivity index (χ2v) is 9.77. The van der Waals surface area contributed by atoms with E-state index >= 15 is 0 Å². The molecule has 0 radical (unpaired) electrons. The van der Waals surface area contributed by atoms with E-state index < -0.39 is 6.04 Å². The Labute approximate surface area is 209 Å². The van der Waals surface area contributed by atoms with E-state index in [1.165, 1.54) is 0 Å². The first-order chi connectivity index (χ1) is 15.3. The third-order valence-corrected chi connectivity index (χ3v) is 6.97. The molecule has 0 saturated heterocycles. The van der Waals surface area contributed by atoms with Gasteiger partial charge in [-0.25, -0.2) is 0 Å². The van der Waals surface area contributed by atoms with E-state index in [0.717, 1.165) is 31.2 Å². The summed E-state index contributed by atoms with van der Waals surface area (Å²) in [6.45, 7) is 2.09. The number of benzene rings is 2. The van der Waals surface area contributed by atoms with Gasteiger partial charge in [0, 0.05) is 32.7 Å². The van der Waals surface area contributed by atoms with E-state index in [1.54, 1.807) is 41.3 Å². The molecule has 1 fully saturated rings. The van der Waals surface area contributed by atoms with Crippen LogP contribution in [0.5, 0.6) is 0 Å². The quantitative estimate of drug-likeness (QED) is 0.424. The van der Waals surface area contributed by atoms with Crippen molar-refractivity contribution in [3.8, 4) is 0 Å². The number of carbonyl (C=O) groups excluding carboxylic acids is 2. The van der Waals surface area contributed by atoms with Gasteiger partial charge in [-0.05, 0) is 54.7 Å². The number of hydrogen-bond acceptors (Lipinski definition) is 2. The van der Waals surface area contributed by atoms with Crippen molar-refractivity contribution in [3.05, 3.63) is 67.6 Å². The summed E-state index contributed by atoms with van der Waals surface area (Å²) in [5.74, 6) is -0.353. The van der Waals surface area contributed by atoms with Crippen LogP contribution in [0.2, 0.25) is 20.1 Å². The van der Waals surface area contributed by atoms with Gasteiger partial charge in [-0.2, -0.15) is 0 Å². The highest BCUT2D eigenvalue weighted by molar-refractivity contribution is 6.35. The van der Waals surface area contributed by atoms with Gasteiger partial charge in [0.25, 0.3) is 0 Å². The van der Waals surface area contributed by atoms with Crippen molar-refractivity contribution in [2.45, 2.75) is 64.1 Å². The topological polar surface area (TPSA) is 49.4 Å². The van der Waals surface area contributed by atoms with Crippen molar-refractivity contribution in [3.63, 3.8) is 0 Å². The van der Waals surface area contributed by atoms with Crippen LogP contribution in [0, 0.1) is 0 Å². The molecule has 0 aliphatic heterocycles. The van der Waals surface area contributed by atoms with Gasteiger partial charge in [0.1, 0.15) is 6.04 Å². The molecular weight excluding hydrogens is 490 g/mol. The molecule has 0 unspecified atom stereocenters. The van der Waals surface area contributed by atoms with E-state index in [9.17, 15) is 9.59 Å². The lowest BCUT2D eigenvalue weighted by Gasteiger charge is -2.32. The zero-order valence-electron chi connectivity index (χ0n) is 17.8. The molecule has 2 amide bonds. The van der Waals surface area contributed by atoms with Crippen LogP contribution in [0.4, 0.5) is 0 Å². The highest BCUT2D eigenvalue weighted by Gasteiger charge is 2.31. The lowest BCUT2D eigenvalue weighted by atomic mass is 10.1. The summed E-state index contributed by atoms with van der Waals surface area (Å²) in [5, 5.41) is 5.00. The van der Waals surface area contributed by atoms with Crippen LogP contribution < -0.4 is 5.32 Å². The molecule has 2 aromatic carbocycles. The fourth-order valence-electron chi connectivity index (χ4n) is 4.05. The summed E-state index contributed by atoms with van der Waals surface area (Å²) in [7, 11) is 0. The maximum atomic E-state index is 13.5. The Hall–Kier alpha value is -1.46. The lowest BCUT2D eigenvalue weighted by molar-refractivity contribution is -0.141. The Morgan fingerprint density at radius 3 is 2.06 bits per heavy atom. The molecule has 1 saturated carbocycles. The summed E-state index contributed by atoms with van der Waals surface area (Å²) < 4.78 is 0. The Morgan fingerprint density at radius 2 is 1.53 bits per heavy atom. The third-order valence-electron chi connectivity index (χ3n) is 5.80. The van der Waals surface area contributed by atoms with Crippen molar-refractivity contribution in [2.24, 2.45) is 0 Å². The van der Waals surface area contributed by atoms with Crippen molar-refractivity contribution in [1.82, 2.24) is 10.2 Å². The molecule has 2 aromatic rings. The third kappa shape index (κ3) is 6.54. The van der Waals surface area contributed by atoms with Crippen molar-refractivity contribution < 1.29 is 9.59 Å². The summed E-state index contributed by atoms with van der Waals surface area (Å²) in [4.78, 5) is 28.2. The highest BCUT2D eigenvalue weighted by Crippen LogP contribution is 2.26. The van der Waals surface area contributed by atoms with E-state index in [-0.39, 0.29) is 30.8 Å². The number of rotatable bonds is 8. The van der Waals surface area contributed by atoms with Crippen LogP contribution in [0.15, 0.2) is 36.4 Å². The standard InChI is InChI=1S/C24H26Cl4N2O2/c1-2-22(24(32)29-19-5-3-4-6-19)30(14-16-8-10-18(26)13-21(16)28)23(31)11-15-7-9-17(25)12-20(15)27/h7-10,12-13,19,22H,2-6,11,14H2,1H3,(H,29,32)/t22-/m1/s1. The minimum atomic E-state index is -0.624. The van der Waals surface area contributed by atoms with Gasteiger partial charge in [0.15, 0.2) is 0 Å². The zero-order chi connectivity index (χ0) is 23.3. The zero-order valence-corrected chi connectivity index (χ0v) is 20.9. The van der Waals surface area contributed by atoms with Gasteiger partial charge < -0.3 is 10.2 Å². The Kier molecular flexibility index (Phi) is 9.13. The Balaban J connectivity index is 1.87. The van der Waals surface area contributed by atoms with Gasteiger partial charge in [-0.3, -0.25) is 9.59 Å². The SMILES string of the molecule is CC[C@H](C(=O)NC1CCCC1)N(Cc1ccc(Cl)cc1Cl)C(=O)Cc1ccc(Cl)cc1Cl. The van der Waals surface area contributed by atoms with E-state index in [1.807, 2.05) is 6.92 Å². The molecule has 1 atom stereocenters. The largest absolute Gasteiger partial charge is 0.352 e. The molecule has 3 rings (SSSR count). The average molecular weight is 516 g/mol. The molecular formula is C24H26Cl4N2O2. The number of halogens is 4. The fraction of sp³-hybridized carbons (Fsp3) is 0.417. The summed E-state index contributed by atoms with van der Waals surface area (Å²) >= 11 is 24.7. The van der Waals surface area contributed by atoms with Gasteiger partial charge in [0.2, 0.25) is 11.8 Å². The number of carbonyl (C=O) groups is 2. The van der Waals surface area contributed by atoms with E-state index in [0.29, 0.717) is 32.1 Å². The van der Waals surface area contributed by atoms with Crippen LogP contribution in [0.1, 0.15) is 50.2 Å². The molecule has 1 aliphatic carbocycles. The van der Waals surface area contributed by atoms with Crippen molar-refractivity contribution in [2.75, 3.05) is 0 Å². The molecule has 0 bridgehead atoms. The Bertz CT molecular complexity index is 976. The van der Waals surface area contributed by atoms with Crippen LogP contribution in [-0.2, 0) is 22.6 Å². The summed E-state index contributed by atoms with van der Waals surface area (Å²) in [5.41, 5.74) is 1.37. The van der Waals surface area contributed by atoms with Crippen molar-refractivity contribution >= 4 is 58.2 Å². The molecule has 0 spiro atoms. The first-order valence-electron chi connectivity index (χ1n) is 10.8. The molecule has 172 valence electrons. The average Bonchev–Trinajstić information content (AvgIpc) is 3.24. The Morgan fingerprint density at radius 1 is 0.969 bits per heavy atom. The maximum absolute atomic E-state index is 13.5. The molecule has 0 heterocycles. The number of hydrogen-bond donors (Lipinski definition) is 1. The van der Waals surface area contributed by atoms with Crippen LogP contribution in [-0.4, -0.2) is 28.8 Å². The first-order valence-corrected chi connectivity index (χ1v) is 12.3. The smallest absolute Gasteiger partial charge is 0.243 e. The molecule has 1 N–H and O–H groups in total. The second-order valence-electron chi connectivity index (χ2n) is 8.08. The van der Waals surface area contributed by atoms with Crippen LogP contribution in [0.25, 0.3) is 0 Å². The highest BCUT2D eigenvalue weighted by atomic mass is 35.5. The van der Waals surface area contributed by atoms with Gasteiger partial charge >= 0.3 is 0 Å². The maximum Gasteiger partial charge on any atom is 0.243 e. The van der Waals surface area contributed by atoms with Crippen LogP contribution in [0.3, 0.4) is 0 Å². The van der Waals surface area contributed by atoms with Crippen molar-refractivity contribution in [1.29, 1.82) is 0 Å². The first kappa shape index (κ1) is 25.2. The van der Waals surface area contributed by atoms with Gasteiger partial charge in [-0.15, -0.1) is 0 Å². The number of nitrogens with zero attached hydrogens (tertiary/aromatic N) is 1. The molecule has 8 heteroatoms. The molecule has 1 aliphatic rings. The van der Waals surface area contributed by atoms with Gasteiger partial charge in [-0.1, -0.05) is 78.3 Å². The second kappa shape index (κ2) is 11.6. The number of nitrogens with one attached hydrogen (secondary N) is 1. The monoisotopic (exact) mass is 514 g/mol. The fourth-order valence-corrected chi connectivity index (χ4v) is 4.99. The van der Waals surface area contributed by atoms with Gasteiger partial charge in [0.05, 0.1) is 6.42 Å². The lowest BCUT2D eigenvalue weighted by Crippen LogP contribution is -2.51. The normalized spacial score (nSPS) is 14.9. The predicted octanol–water partition coefficient (Wildman–Crippen LogP) is 6.71. The minimum absolute atomic E-state index is 0.0500. The number of amides is 2. The predicted molar refractivity (Wildman–Crippen MR) is 132 cm³/mol. The summed E-state index contributed by atoms with van der Waals surface area (Å²) in [6, 6.07) is 9.71. The van der Waals surface area contributed by atoms with E-state index in [4.69, 9.17) is 46.4 Å². The molecule has 4 nitrogen and oxygen atoms in total.